The van der Waals surface area contributed by atoms with Crippen molar-refractivity contribution in [3.63, 3.8) is 0 Å². The first-order valence-electron chi connectivity index (χ1n) is 5.66. The average molecular weight is 244 g/mol. The van der Waals surface area contributed by atoms with Gasteiger partial charge in [0.05, 0.1) is 6.54 Å². The summed E-state index contributed by atoms with van der Waals surface area (Å²) in [5, 5.41) is 5.82. The molecule has 0 atom stereocenters. The van der Waals surface area contributed by atoms with Gasteiger partial charge in [0.2, 0.25) is 0 Å². The van der Waals surface area contributed by atoms with Gasteiger partial charge in [-0.2, -0.15) is 0 Å². The zero-order valence-corrected chi connectivity index (χ0v) is 10.2. The molecule has 0 fully saturated rings. The van der Waals surface area contributed by atoms with Crippen LogP contribution < -0.4 is 16.4 Å². The smallest absolute Gasteiger partial charge is 0.316 e. The first-order valence-corrected chi connectivity index (χ1v) is 5.66. The van der Waals surface area contributed by atoms with Crippen LogP contribution in [0.25, 0.3) is 0 Å². The first-order chi connectivity index (χ1) is 8.65. The van der Waals surface area contributed by atoms with E-state index >= 15 is 0 Å². The largest absolute Gasteiger partial charge is 0.379 e. The second kappa shape index (κ2) is 5.27. The Morgan fingerprint density at radius 2 is 1.89 bits per heavy atom. The summed E-state index contributed by atoms with van der Waals surface area (Å²) >= 11 is 0. The number of hydrogen-bond donors (Lipinski definition) is 3. The number of carbonyl (C=O) groups is 1. The van der Waals surface area contributed by atoms with E-state index in [1.54, 1.807) is 12.1 Å². The lowest BCUT2D eigenvalue weighted by Gasteiger charge is -2.08. The van der Waals surface area contributed by atoms with Crippen LogP contribution in [-0.4, -0.2) is 10.6 Å². The molecule has 2 rings (SSSR count). The Hall–Kier alpha value is -2.43. The molecule has 0 unspecified atom stereocenters. The maximum atomic E-state index is 10.7. The third kappa shape index (κ3) is 3.04. The molecule has 5 heteroatoms. The minimum Gasteiger partial charge on any atom is -0.379 e. The minimum absolute atomic E-state index is 0.556. The molecule has 1 aromatic heterocycles. The molecule has 0 bridgehead atoms. The fraction of sp³-hybridized carbons (Fsp3) is 0.154. The number of aryl methyl sites for hydroxylation is 1. The summed E-state index contributed by atoms with van der Waals surface area (Å²) in [5.74, 6) is 0. The number of carbonyl (C=O) groups excluding carboxylic acids is 1. The van der Waals surface area contributed by atoms with Crippen molar-refractivity contribution in [2.24, 2.45) is 12.8 Å². The van der Waals surface area contributed by atoms with Crippen molar-refractivity contribution in [3.8, 4) is 0 Å². The van der Waals surface area contributed by atoms with Crippen LogP contribution in [0.15, 0.2) is 42.6 Å². The second-order valence-corrected chi connectivity index (χ2v) is 4.03. The lowest BCUT2D eigenvalue weighted by Crippen LogP contribution is -2.19. The van der Waals surface area contributed by atoms with Crippen molar-refractivity contribution < 1.29 is 4.79 Å². The standard InChI is InChI=1S/C13H16N4O/c1-17-8-2-3-12(17)9-15-10-4-6-11(7-5-10)16-13(14)18/h2-8,15H,9H2,1H3,(H3,14,16,18). The highest BCUT2D eigenvalue weighted by Crippen LogP contribution is 2.14. The predicted octanol–water partition coefficient (Wildman–Crippen LogP) is 2.13. The Morgan fingerprint density at radius 3 is 2.44 bits per heavy atom. The van der Waals surface area contributed by atoms with Gasteiger partial charge in [0.25, 0.3) is 0 Å². The van der Waals surface area contributed by atoms with Gasteiger partial charge in [-0.15, -0.1) is 0 Å². The average Bonchev–Trinajstić information content (AvgIpc) is 2.73. The highest BCUT2D eigenvalue weighted by atomic mass is 16.2. The van der Waals surface area contributed by atoms with E-state index in [0.29, 0.717) is 5.69 Å². The molecule has 1 heterocycles. The van der Waals surface area contributed by atoms with Crippen molar-refractivity contribution in [3.05, 3.63) is 48.3 Å². The van der Waals surface area contributed by atoms with Crippen LogP contribution >= 0.6 is 0 Å². The maximum absolute atomic E-state index is 10.7. The number of nitrogens with two attached hydrogens (primary N) is 1. The zero-order chi connectivity index (χ0) is 13.0. The number of urea groups is 1. The van der Waals surface area contributed by atoms with E-state index in [-0.39, 0.29) is 0 Å². The monoisotopic (exact) mass is 244 g/mol. The van der Waals surface area contributed by atoms with E-state index in [0.717, 1.165) is 12.2 Å². The number of aromatic nitrogens is 1. The fourth-order valence-corrected chi connectivity index (χ4v) is 1.69. The van der Waals surface area contributed by atoms with E-state index in [1.807, 2.05) is 31.4 Å². The molecular weight excluding hydrogens is 228 g/mol. The van der Waals surface area contributed by atoms with Crippen LogP contribution in [-0.2, 0) is 13.6 Å². The molecule has 0 aliphatic rings. The van der Waals surface area contributed by atoms with Crippen LogP contribution in [0.3, 0.4) is 0 Å². The second-order valence-electron chi connectivity index (χ2n) is 4.03. The van der Waals surface area contributed by atoms with Crippen molar-refractivity contribution in [2.75, 3.05) is 10.6 Å². The van der Waals surface area contributed by atoms with E-state index < -0.39 is 6.03 Å². The fourth-order valence-electron chi connectivity index (χ4n) is 1.69. The van der Waals surface area contributed by atoms with Crippen molar-refractivity contribution in [1.82, 2.24) is 4.57 Å². The summed E-state index contributed by atoms with van der Waals surface area (Å²) in [6.45, 7) is 0.756. The van der Waals surface area contributed by atoms with Crippen LogP contribution in [0, 0.1) is 0 Å². The van der Waals surface area contributed by atoms with E-state index in [1.165, 1.54) is 5.69 Å². The van der Waals surface area contributed by atoms with Gasteiger partial charge in [-0.1, -0.05) is 0 Å². The van der Waals surface area contributed by atoms with Gasteiger partial charge < -0.3 is 20.9 Å². The molecule has 0 radical (unpaired) electrons. The Balaban J connectivity index is 1.94. The molecule has 0 saturated heterocycles. The third-order valence-electron chi connectivity index (χ3n) is 2.68. The topological polar surface area (TPSA) is 72.1 Å². The predicted molar refractivity (Wildman–Crippen MR) is 72.4 cm³/mol. The van der Waals surface area contributed by atoms with Gasteiger partial charge in [-0.3, -0.25) is 0 Å². The van der Waals surface area contributed by atoms with Gasteiger partial charge in [-0.25, -0.2) is 4.79 Å². The van der Waals surface area contributed by atoms with Gasteiger partial charge >= 0.3 is 6.03 Å². The van der Waals surface area contributed by atoms with Gasteiger partial charge in [0.15, 0.2) is 0 Å². The number of anilines is 2. The van der Waals surface area contributed by atoms with E-state index in [2.05, 4.69) is 21.3 Å². The molecule has 5 nitrogen and oxygen atoms in total. The molecule has 2 aromatic rings. The number of nitrogens with one attached hydrogen (secondary N) is 2. The lowest BCUT2D eigenvalue weighted by atomic mass is 10.2. The summed E-state index contributed by atoms with van der Waals surface area (Å²) in [7, 11) is 2.01. The van der Waals surface area contributed by atoms with E-state index in [4.69, 9.17) is 5.73 Å². The van der Waals surface area contributed by atoms with E-state index in [9.17, 15) is 4.79 Å². The quantitative estimate of drug-likeness (QED) is 0.771. The molecule has 1 aromatic carbocycles. The molecule has 0 spiro atoms. The van der Waals surface area contributed by atoms with Crippen LogP contribution in [0.5, 0.6) is 0 Å². The number of rotatable bonds is 4. The third-order valence-corrected chi connectivity index (χ3v) is 2.68. The summed E-state index contributed by atoms with van der Waals surface area (Å²) in [4.78, 5) is 10.7. The van der Waals surface area contributed by atoms with Crippen LogP contribution in [0.2, 0.25) is 0 Å². The number of hydrogen-bond acceptors (Lipinski definition) is 2. The summed E-state index contributed by atoms with van der Waals surface area (Å²) in [6.07, 6.45) is 2.01. The molecule has 0 aliphatic carbocycles. The van der Waals surface area contributed by atoms with Crippen molar-refractivity contribution in [2.45, 2.75) is 6.54 Å². The normalized spacial score (nSPS) is 10.1. The highest BCUT2D eigenvalue weighted by molar-refractivity contribution is 5.87. The highest BCUT2D eigenvalue weighted by Gasteiger charge is 1.98. The Labute approximate surface area is 106 Å². The SMILES string of the molecule is Cn1cccc1CNc1ccc(NC(N)=O)cc1. The molecule has 18 heavy (non-hydrogen) atoms. The molecular formula is C13H16N4O. The lowest BCUT2D eigenvalue weighted by molar-refractivity contribution is 0.259. The van der Waals surface area contributed by atoms with Crippen LogP contribution in [0.4, 0.5) is 16.2 Å². The Bertz CT molecular complexity index is 530. The van der Waals surface area contributed by atoms with Crippen LogP contribution in [0.1, 0.15) is 5.69 Å². The molecule has 0 aliphatic heterocycles. The van der Waals surface area contributed by atoms with Gasteiger partial charge in [0, 0.05) is 30.3 Å². The number of benzene rings is 1. The summed E-state index contributed by atoms with van der Waals surface area (Å²) in [5.41, 5.74) is 7.92. The molecule has 2 amide bonds. The molecule has 94 valence electrons. The molecule has 0 saturated carbocycles. The minimum atomic E-state index is -0.556. The zero-order valence-electron chi connectivity index (χ0n) is 10.2. The van der Waals surface area contributed by atoms with Crippen molar-refractivity contribution >= 4 is 17.4 Å². The molecule has 4 N–H and O–H groups in total. The summed E-state index contributed by atoms with van der Waals surface area (Å²) < 4.78 is 2.07. The van der Waals surface area contributed by atoms with Crippen molar-refractivity contribution in [1.29, 1.82) is 0 Å². The Kier molecular flexibility index (Phi) is 3.52. The number of primary amides is 1. The maximum Gasteiger partial charge on any atom is 0.316 e. The first kappa shape index (κ1) is 12.0. The number of nitrogens with zero attached hydrogens (tertiary/aromatic N) is 1. The van der Waals surface area contributed by atoms with Gasteiger partial charge in [-0.05, 0) is 36.4 Å². The van der Waals surface area contributed by atoms with Gasteiger partial charge in [0.1, 0.15) is 0 Å². The Morgan fingerprint density at radius 1 is 1.22 bits per heavy atom. The summed E-state index contributed by atoms with van der Waals surface area (Å²) in [6, 6.07) is 10.9. The number of amides is 2.